The van der Waals surface area contributed by atoms with Gasteiger partial charge in [0.2, 0.25) is 0 Å². The summed E-state index contributed by atoms with van der Waals surface area (Å²) in [7, 11) is 1.83. The fourth-order valence-corrected chi connectivity index (χ4v) is 3.29. The molecule has 0 saturated heterocycles. The molecular formula is C19H16N2S. The van der Waals surface area contributed by atoms with Crippen molar-refractivity contribution in [3.05, 3.63) is 60.2 Å². The summed E-state index contributed by atoms with van der Waals surface area (Å²) in [5.74, 6) is 0. The van der Waals surface area contributed by atoms with Crippen LogP contribution in [0.25, 0.3) is 32.3 Å². The van der Waals surface area contributed by atoms with Crippen molar-refractivity contribution in [2.45, 2.75) is 6.54 Å². The average Bonchev–Trinajstić information content (AvgIpc) is 2.58. The molecule has 0 aliphatic rings. The van der Waals surface area contributed by atoms with E-state index in [4.69, 9.17) is 12.2 Å². The Hall–Kier alpha value is -2.39. The molecule has 4 rings (SSSR count). The molecule has 0 saturated carbocycles. The van der Waals surface area contributed by atoms with Crippen LogP contribution < -0.4 is 10.6 Å². The van der Waals surface area contributed by atoms with Crippen molar-refractivity contribution in [2.75, 3.05) is 7.05 Å². The zero-order valence-corrected chi connectivity index (χ0v) is 13.1. The molecule has 0 unspecified atom stereocenters. The summed E-state index contributed by atoms with van der Waals surface area (Å²) in [6.45, 7) is 0.730. The van der Waals surface area contributed by atoms with Crippen LogP contribution in [-0.4, -0.2) is 12.2 Å². The number of thiocarbonyl (C=S) groups is 1. The number of nitrogens with one attached hydrogen (secondary N) is 2. The van der Waals surface area contributed by atoms with Crippen molar-refractivity contribution < 1.29 is 0 Å². The standard InChI is InChI=1S/C19H16N2S/c1-20-19(22)21-11-15-8-7-14-6-5-12-3-2-4-13-9-10-16(15)18(14)17(12)13/h2-10H,11H2,1H3,(H2,20,21,22). The molecule has 22 heavy (non-hydrogen) atoms. The molecular weight excluding hydrogens is 288 g/mol. The highest BCUT2D eigenvalue weighted by Crippen LogP contribution is 2.35. The molecule has 4 aromatic rings. The smallest absolute Gasteiger partial charge is 0.166 e. The van der Waals surface area contributed by atoms with Crippen LogP contribution in [0, 0.1) is 0 Å². The van der Waals surface area contributed by atoms with Gasteiger partial charge in [0.1, 0.15) is 0 Å². The van der Waals surface area contributed by atoms with Crippen molar-refractivity contribution >= 4 is 49.6 Å². The van der Waals surface area contributed by atoms with Crippen molar-refractivity contribution in [2.24, 2.45) is 0 Å². The van der Waals surface area contributed by atoms with E-state index < -0.39 is 0 Å². The van der Waals surface area contributed by atoms with E-state index in [2.05, 4.69) is 65.2 Å². The average molecular weight is 304 g/mol. The molecule has 4 aromatic carbocycles. The van der Waals surface area contributed by atoms with E-state index in [0.717, 1.165) is 6.54 Å². The van der Waals surface area contributed by atoms with E-state index in [9.17, 15) is 0 Å². The second-order valence-corrected chi connectivity index (χ2v) is 5.92. The topological polar surface area (TPSA) is 24.1 Å². The Kier molecular flexibility index (Phi) is 3.09. The van der Waals surface area contributed by atoms with Crippen molar-refractivity contribution in [3.8, 4) is 0 Å². The van der Waals surface area contributed by atoms with Gasteiger partial charge < -0.3 is 10.6 Å². The number of hydrogen-bond acceptors (Lipinski definition) is 1. The molecule has 0 radical (unpaired) electrons. The third kappa shape index (κ3) is 1.97. The van der Waals surface area contributed by atoms with Gasteiger partial charge in [0, 0.05) is 13.6 Å². The van der Waals surface area contributed by atoms with Gasteiger partial charge >= 0.3 is 0 Å². The van der Waals surface area contributed by atoms with Gasteiger partial charge in [-0.2, -0.15) is 0 Å². The minimum absolute atomic E-state index is 0.672. The van der Waals surface area contributed by atoms with Gasteiger partial charge in [-0.3, -0.25) is 0 Å². The zero-order chi connectivity index (χ0) is 15.1. The largest absolute Gasteiger partial charge is 0.366 e. The van der Waals surface area contributed by atoms with Crippen LogP contribution in [0.15, 0.2) is 54.6 Å². The first-order chi connectivity index (χ1) is 10.8. The lowest BCUT2D eigenvalue weighted by atomic mass is 9.92. The normalized spacial score (nSPS) is 11.3. The Morgan fingerprint density at radius 1 is 0.864 bits per heavy atom. The lowest BCUT2D eigenvalue weighted by molar-refractivity contribution is 0.898. The van der Waals surface area contributed by atoms with Crippen LogP contribution in [0.1, 0.15) is 5.56 Å². The molecule has 0 bridgehead atoms. The van der Waals surface area contributed by atoms with Gasteiger partial charge in [0.15, 0.2) is 5.11 Å². The second kappa shape index (κ2) is 5.11. The zero-order valence-electron chi connectivity index (χ0n) is 12.3. The van der Waals surface area contributed by atoms with Gasteiger partial charge in [-0.1, -0.05) is 54.6 Å². The molecule has 0 heterocycles. The van der Waals surface area contributed by atoms with Crippen LogP contribution in [-0.2, 0) is 6.54 Å². The lowest BCUT2D eigenvalue weighted by Gasteiger charge is -2.14. The Balaban J connectivity index is 1.98. The maximum Gasteiger partial charge on any atom is 0.166 e. The highest BCUT2D eigenvalue weighted by molar-refractivity contribution is 7.80. The van der Waals surface area contributed by atoms with Crippen molar-refractivity contribution in [3.63, 3.8) is 0 Å². The Morgan fingerprint density at radius 2 is 1.50 bits per heavy atom. The minimum atomic E-state index is 0.672. The highest BCUT2D eigenvalue weighted by atomic mass is 32.1. The quantitative estimate of drug-likeness (QED) is 0.429. The predicted octanol–water partition coefficient (Wildman–Crippen LogP) is 4.18. The van der Waals surface area contributed by atoms with Crippen molar-refractivity contribution in [1.29, 1.82) is 0 Å². The summed E-state index contributed by atoms with van der Waals surface area (Å²) in [5.41, 5.74) is 1.27. The minimum Gasteiger partial charge on any atom is -0.366 e. The SMILES string of the molecule is CNC(=S)NCc1ccc2ccc3cccc4ccc1c2c34. The molecule has 0 fully saturated rings. The van der Waals surface area contributed by atoms with Crippen LogP contribution >= 0.6 is 12.2 Å². The monoisotopic (exact) mass is 304 g/mol. The van der Waals surface area contributed by atoms with E-state index in [0.29, 0.717) is 5.11 Å². The summed E-state index contributed by atoms with van der Waals surface area (Å²) in [6, 6.07) is 19.7. The van der Waals surface area contributed by atoms with Crippen LogP contribution in [0.5, 0.6) is 0 Å². The molecule has 108 valence electrons. The predicted molar refractivity (Wildman–Crippen MR) is 98.6 cm³/mol. The highest BCUT2D eigenvalue weighted by Gasteiger charge is 2.10. The third-order valence-corrected chi connectivity index (χ3v) is 4.63. The first kappa shape index (κ1) is 13.3. The van der Waals surface area contributed by atoms with E-state index in [1.54, 1.807) is 0 Å². The van der Waals surface area contributed by atoms with Gasteiger partial charge in [-0.05, 0) is 50.1 Å². The van der Waals surface area contributed by atoms with Crippen LogP contribution in [0.2, 0.25) is 0 Å². The summed E-state index contributed by atoms with van der Waals surface area (Å²) in [5, 5.41) is 14.8. The third-order valence-electron chi connectivity index (χ3n) is 4.29. The second-order valence-electron chi connectivity index (χ2n) is 5.51. The van der Waals surface area contributed by atoms with E-state index in [1.807, 2.05) is 7.05 Å². The van der Waals surface area contributed by atoms with Gasteiger partial charge in [-0.25, -0.2) is 0 Å². The molecule has 0 spiro atoms. The molecule has 0 aliphatic heterocycles. The van der Waals surface area contributed by atoms with E-state index >= 15 is 0 Å². The number of benzene rings is 4. The fourth-order valence-electron chi connectivity index (χ4n) is 3.21. The Bertz CT molecular complexity index is 975. The molecule has 3 heteroatoms. The summed E-state index contributed by atoms with van der Waals surface area (Å²) in [4.78, 5) is 0. The Morgan fingerprint density at radius 3 is 2.23 bits per heavy atom. The summed E-state index contributed by atoms with van der Waals surface area (Å²) < 4.78 is 0. The van der Waals surface area contributed by atoms with Crippen LogP contribution in [0.3, 0.4) is 0 Å². The summed E-state index contributed by atoms with van der Waals surface area (Å²) >= 11 is 5.18. The molecule has 0 atom stereocenters. The fraction of sp³-hybridized carbons (Fsp3) is 0.105. The lowest BCUT2D eigenvalue weighted by Crippen LogP contribution is -2.31. The summed E-state index contributed by atoms with van der Waals surface area (Å²) in [6.07, 6.45) is 0. The molecule has 0 amide bonds. The number of hydrogen-bond donors (Lipinski definition) is 2. The first-order valence-corrected chi connectivity index (χ1v) is 7.80. The van der Waals surface area contributed by atoms with E-state index in [1.165, 1.54) is 37.9 Å². The number of rotatable bonds is 2. The maximum atomic E-state index is 5.18. The molecule has 0 aliphatic carbocycles. The maximum absolute atomic E-state index is 5.18. The Labute approximate surface area is 134 Å². The van der Waals surface area contributed by atoms with Crippen LogP contribution in [0.4, 0.5) is 0 Å². The van der Waals surface area contributed by atoms with Gasteiger partial charge in [0.05, 0.1) is 0 Å². The van der Waals surface area contributed by atoms with E-state index in [-0.39, 0.29) is 0 Å². The van der Waals surface area contributed by atoms with Crippen molar-refractivity contribution in [1.82, 2.24) is 10.6 Å². The van der Waals surface area contributed by atoms with Gasteiger partial charge in [0.25, 0.3) is 0 Å². The van der Waals surface area contributed by atoms with Gasteiger partial charge in [-0.15, -0.1) is 0 Å². The first-order valence-electron chi connectivity index (χ1n) is 7.39. The molecule has 2 N–H and O–H groups in total. The molecule has 2 nitrogen and oxygen atoms in total. The molecule has 0 aromatic heterocycles.